The van der Waals surface area contributed by atoms with Crippen LogP contribution in [0, 0.1) is 0 Å². The molecule has 0 aliphatic carbocycles. The van der Waals surface area contributed by atoms with Crippen LogP contribution >= 0.6 is 0 Å². The number of hydrogen-bond acceptors (Lipinski definition) is 4. The van der Waals surface area contributed by atoms with Gasteiger partial charge in [0.05, 0.1) is 22.5 Å². The number of amides is 3. The summed E-state index contributed by atoms with van der Waals surface area (Å²) in [6.07, 6.45) is 3.32. The molecule has 2 aromatic rings. The van der Waals surface area contributed by atoms with Crippen molar-refractivity contribution in [2.24, 2.45) is 0 Å². The first-order valence-corrected chi connectivity index (χ1v) is 9.83. The van der Waals surface area contributed by atoms with Crippen molar-refractivity contribution in [3.05, 3.63) is 53.9 Å². The van der Waals surface area contributed by atoms with Gasteiger partial charge in [0.15, 0.2) is 0 Å². The second kappa shape index (κ2) is 9.60. The summed E-state index contributed by atoms with van der Waals surface area (Å²) in [7, 11) is 0. The smallest absolute Gasteiger partial charge is 0.370 e. The number of aromatic nitrogens is 1. The van der Waals surface area contributed by atoms with Crippen LogP contribution in [0.15, 0.2) is 42.7 Å². The van der Waals surface area contributed by atoms with Crippen LogP contribution in [0.4, 0.5) is 29.3 Å². The molecule has 1 aliphatic rings. The van der Waals surface area contributed by atoms with Gasteiger partial charge in [-0.15, -0.1) is 0 Å². The van der Waals surface area contributed by atoms with Crippen molar-refractivity contribution in [3.63, 3.8) is 0 Å². The molecule has 0 radical (unpaired) electrons. The predicted octanol–water partition coefficient (Wildman–Crippen LogP) is 4.83. The van der Waals surface area contributed by atoms with E-state index >= 15 is 0 Å². The Morgan fingerprint density at radius 1 is 1.00 bits per heavy atom. The summed E-state index contributed by atoms with van der Waals surface area (Å²) in [4.78, 5) is 30.3. The van der Waals surface area contributed by atoms with Crippen LogP contribution in [0.25, 0.3) is 0 Å². The molecular formula is C21H23F3N4O2. The van der Waals surface area contributed by atoms with Crippen LogP contribution in [0.2, 0.25) is 0 Å². The fourth-order valence-corrected chi connectivity index (χ4v) is 3.40. The molecule has 0 atom stereocenters. The lowest BCUT2D eigenvalue weighted by molar-refractivity contribution is -0.137. The molecule has 1 saturated heterocycles. The largest absolute Gasteiger partial charge is 0.416 e. The standard InChI is InChI=1S/C21H23F3N4O2/c22-21(23,24)16-8-9-18(28-11-4-2-1-3-5-12-28)17(13-16)26-20(30)27-19(29)15-7-6-10-25-14-15/h6-10,13-14H,1-5,11-12H2,(H2,26,27,29,30). The summed E-state index contributed by atoms with van der Waals surface area (Å²) in [5, 5.41) is 4.55. The third-order valence-electron chi connectivity index (χ3n) is 4.92. The number of benzene rings is 1. The molecule has 2 N–H and O–H groups in total. The Balaban J connectivity index is 1.82. The maximum absolute atomic E-state index is 13.2. The highest BCUT2D eigenvalue weighted by atomic mass is 19.4. The van der Waals surface area contributed by atoms with Crippen molar-refractivity contribution in [2.45, 2.75) is 38.3 Å². The van der Waals surface area contributed by atoms with Crippen molar-refractivity contribution in [3.8, 4) is 0 Å². The van der Waals surface area contributed by atoms with Crippen LogP contribution < -0.4 is 15.5 Å². The Labute approximate surface area is 172 Å². The zero-order valence-electron chi connectivity index (χ0n) is 16.3. The van der Waals surface area contributed by atoms with E-state index in [1.54, 1.807) is 6.07 Å². The van der Waals surface area contributed by atoms with Crippen molar-refractivity contribution >= 4 is 23.3 Å². The van der Waals surface area contributed by atoms with Crippen molar-refractivity contribution < 1.29 is 22.8 Å². The van der Waals surface area contributed by atoms with Crippen molar-refractivity contribution in [1.82, 2.24) is 10.3 Å². The molecular weight excluding hydrogens is 397 g/mol. The summed E-state index contributed by atoms with van der Waals surface area (Å²) < 4.78 is 39.7. The second-order valence-electron chi connectivity index (χ2n) is 7.13. The molecule has 30 heavy (non-hydrogen) atoms. The molecule has 0 spiro atoms. The van der Waals surface area contributed by atoms with Gasteiger partial charge in [0, 0.05) is 25.5 Å². The maximum Gasteiger partial charge on any atom is 0.416 e. The number of hydrogen-bond donors (Lipinski definition) is 2. The Morgan fingerprint density at radius 3 is 2.33 bits per heavy atom. The number of carbonyl (C=O) groups excluding carboxylic acids is 2. The van der Waals surface area contributed by atoms with E-state index in [0.717, 1.165) is 44.2 Å². The fraction of sp³-hybridized carbons (Fsp3) is 0.381. The highest BCUT2D eigenvalue weighted by molar-refractivity contribution is 6.08. The summed E-state index contributed by atoms with van der Waals surface area (Å²) in [5.74, 6) is -0.694. The topological polar surface area (TPSA) is 74.3 Å². The highest BCUT2D eigenvalue weighted by Crippen LogP contribution is 2.36. The number of carbonyl (C=O) groups is 2. The Bertz CT molecular complexity index is 880. The van der Waals surface area contributed by atoms with Crippen molar-refractivity contribution in [1.29, 1.82) is 0 Å². The van der Waals surface area contributed by atoms with Crippen LogP contribution in [-0.4, -0.2) is 30.0 Å². The first-order valence-electron chi connectivity index (χ1n) is 9.83. The molecule has 1 fully saturated rings. The van der Waals surface area contributed by atoms with Gasteiger partial charge >= 0.3 is 12.2 Å². The Hall–Kier alpha value is -3.10. The summed E-state index contributed by atoms with van der Waals surface area (Å²) in [6.45, 7) is 1.38. The second-order valence-corrected chi connectivity index (χ2v) is 7.13. The summed E-state index contributed by atoms with van der Waals surface area (Å²) >= 11 is 0. The molecule has 3 rings (SSSR count). The van der Waals surface area contributed by atoms with Gasteiger partial charge in [-0.2, -0.15) is 13.2 Å². The average molecular weight is 420 g/mol. The quantitative estimate of drug-likeness (QED) is 0.746. The highest BCUT2D eigenvalue weighted by Gasteiger charge is 2.32. The molecule has 0 bridgehead atoms. The van der Waals surface area contributed by atoms with Crippen LogP contribution in [-0.2, 0) is 6.18 Å². The molecule has 2 heterocycles. The number of imide groups is 1. The molecule has 1 aliphatic heterocycles. The third kappa shape index (κ3) is 5.71. The van der Waals surface area contributed by atoms with Gasteiger partial charge in [-0.05, 0) is 43.2 Å². The first-order chi connectivity index (χ1) is 14.3. The minimum absolute atomic E-state index is 0.0156. The number of nitrogens with zero attached hydrogens (tertiary/aromatic N) is 2. The first kappa shape index (κ1) is 21.6. The predicted molar refractivity (Wildman–Crippen MR) is 107 cm³/mol. The monoisotopic (exact) mass is 420 g/mol. The van der Waals surface area contributed by atoms with E-state index in [2.05, 4.69) is 15.6 Å². The van der Waals surface area contributed by atoms with E-state index in [-0.39, 0.29) is 11.3 Å². The van der Waals surface area contributed by atoms with E-state index in [4.69, 9.17) is 0 Å². The number of rotatable bonds is 3. The molecule has 9 heteroatoms. The van der Waals surface area contributed by atoms with Crippen molar-refractivity contribution in [2.75, 3.05) is 23.3 Å². The van der Waals surface area contributed by atoms with E-state index < -0.39 is 23.7 Å². The molecule has 1 aromatic heterocycles. The summed E-state index contributed by atoms with van der Waals surface area (Å²) in [5.41, 5.74) is -0.177. The number of alkyl halides is 3. The number of halogens is 3. The van der Waals surface area contributed by atoms with Gasteiger partial charge in [-0.25, -0.2) is 4.79 Å². The number of anilines is 2. The van der Waals surface area contributed by atoms with Crippen LogP contribution in [0.3, 0.4) is 0 Å². The van der Waals surface area contributed by atoms with Crippen LogP contribution in [0.5, 0.6) is 0 Å². The zero-order chi connectivity index (χ0) is 21.6. The minimum Gasteiger partial charge on any atom is -0.370 e. The lowest BCUT2D eigenvalue weighted by Gasteiger charge is -2.29. The molecule has 160 valence electrons. The van der Waals surface area contributed by atoms with E-state index in [1.807, 2.05) is 4.90 Å². The molecule has 1 aromatic carbocycles. The average Bonchev–Trinajstić information content (AvgIpc) is 2.68. The molecule has 0 unspecified atom stereocenters. The normalized spacial score (nSPS) is 15.1. The van der Waals surface area contributed by atoms with Gasteiger partial charge in [-0.3, -0.25) is 15.1 Å². The van der Waals surface area contributed by atoms with Gasteiger partial charge < -0.3 is 10.2 Å². The minimum atomic E-state index is -4.55. The van der Waals surface area contributed by atoms with E-state index in [0.29, 0.717) is 18.8 Å². The van der Waals surface area contributed by atoms with Gasteiger partial charge in [0.25, 0.3) is 5.91 Å². The Kier molecular flexibility index (Phi) is 6.91. The SMILES string of the molecule is O=C(NC(=O)c1cccnc1)Nc1cc(C(F)(F)F)ccc1N1CCCCCCC1. The van der Waals surface area contributed by atoms with Crippen LogP contribution in [0.1, 0.15) is 48.0 Å². The lowest BCUT2D eigenvalue weighted by Crippen LogP contribution is -2.35. The zero-order valence-corrected chi connectivity index (χ0v) is 16.3. The van der Waals surface area contributed by atoms with E-state index in [9.17, 15) is 22.8 Å². The fourth-order valence-electron chi connectivity index (χ4n) is 3.40. The molecule has 0 saturated carbocycles. The third-order valence-corrected chi connectivity index (χ3v) is 4.92. The Morgan fingerprint density at radius 2 is 1.70 bits per heavy atom. The molecule has 3 amide bonds. The molecule has 6 nitrogen and oxygen atoms in total. The summed E-state index contributed by atoms with van der Waals surface area (Å²) in [6, 6.07) is 5.41. The van der Waals surface area contributed by atoms with Gasteiger partial charge in [-0.1, -0.05) is 19.3 Å². The van der Waals surface area contributed by atoms with Gasteiger partial charge in [0.2, 0.25) is 0 Å². The number of urea groups is 1. The number of nitrogens with one attached hydrogen (secondary N) is 2. The van der Waals surface area contributed by atoms with E-state index in [1.165, 1.54) is 24.5 Å². The number of pyridine rings is 1. The maximum atomic E-state index is 13.2. The lowest BCUT2D eigenvalue weighted by atomic mass is 10.1. The van der Waals surface area contributed by atoms with Gasteiger partial charge in [0.1, 0.15) is 0 Å².